The van der Waals surface area contributed by atoms with E-state index in [4.69, 9.17) is 4.74 Å². The molecule has 1 atom stereocenters. The summed E-state index contributed by atoms with van der Waals surface area (Å²) in [4.78, 5) is 56.8. The largest absolute Gasteiger partial charge is 0.480 e. The molecule has 2 aromatic heterocycles. The number of carboxylic acids is 1. The van der Waals surface area contributed by atoms with Gasteiger partial charge >= 0.3 is 11.7 Å². The van der Waals surface area contributed by atoms with E-state index in [9.17, 15) is 33.1 Å². The molecule has 2 N–H and O–H groups in total. The Kier molecular flexibility index (Phi) is 13.0. The number of amides is 1. The molecular weight excluding hydrogens is 638 g/mol. The van der Waals surface area contributed by atoms with Crippen LogP contribution in [0.5, 0.6) is 0 Å². The zero-order chi connectivity index (χ0) is 35.7. The van der Waals surface area contributed by atoms with Crippen LogP contribution in [0.4, 0.5) is 23.2 Å². The molecule has 5 rings (SSSR count). The van der Waals surface area contributed by atoms with Crippen molar-refractivity contribution in [2.45, 2.75) is 46.6 Å². The number of rotatable bonds is 7. The zero-order valence-electron chi connectivity index (χ0n) is 27.1. The van der Waals surface area contributed by atoms with E-state index in [0.717, 1.165) is 13.0 Å². The third-order valence-electron chi connectivity index (χ3n) is 7.24. The van der Waals surface area contributed by atoms with Gasteiger partial charge in [-0.3, -0.25) is 19.1 Å². The summed E-state index contributed by atoms with van der Waals surface area (Å²) in [6, 6.07) is 6.31. The molecule has 1 amide bonds. The minimum atomic E-state index is -2.17. The van der Waals surface area contributed by atoms with Gasteiger partial charge in [-0.05, 0) is 55.3 Å². The van der Waals surface area contributed by atoms with E-state index in [0.29, 0.717) is 42.1 Å². The van der Waals surface area contributed by atoms with E-state index >= 15 is 8.78 Å². The van der Waals surface area contributed by atoms with Gasteiger partial charge in [-0.2, -0.15) is 0 Å². The number of ether oxygens (including phenoxy) is 1. The zero-order valence-corrected chi connectivity index (χ0v) is 27.1. The molecule has 15 heteroatoms. The van der Waals surface area contributed by atoms with Crippen LogP contribution in [0, 0.1) is 18.6 Å². The summed E-state index contributed by atoms with van der Waals surface area (Å²) in [5.41, 5.74) is -0.783. The summed E-state index contributed by atoms with van der Waals surface area (Å²) in [6.07, 6.45) is 0.222. The van der Waals surface area contributed by atoms with Crippen molar-refractivity contribution in [3.63, 3.8) is 0 Å². The quantitative estimate of drug-likeness (QED) is 0.278. The third-order valence-corrected chi connectivity index (χ3v) is 7.24. The van der Waals surface area contributed by atoms with Gasteiger partial charge in [0, 0.05) is 38.4 Å². The minimum absolute atomic E-state index is 0.157. The average molecular weight is 676 g/mol. The van der Waals surface area contributed by atoms with E-state index in [1.807, 2.05) is 18.7 Å². The van der Waals surface area contributed by atoms with Gasteiger partial charge in [0.25, 0.3) is 11.5 Å². The van der Waals surface area contributed by atoms with Crippen molar-refractivity contribution in [3.8, 4) is 5.69 Å². The number of pyridine rings is 1. The summed E-state index contributed by atoms with van der Waals surface area (Å²) < 4.78 is 58.2. The second kappa shape index (κ2) is 16.7. The van der Waals surface area contributed by atoms with Crippen LogP contribution in [0.2, 0.25) is 0 Å². The lowest BCUT2D eigenvalue weighted by molar-refractivity contribution is -0.139. The molecule has 0 radical (unpaired) electrons. The normalized spacial score (nSPS) is 13.2. The number of carbonyl (C=O) groups is 2. The average Bonchev–Trinajstić information content (AvgIpc) is 3.05. The van der Waals surface area contributed by atoms with Gasteiger partial charge in [-0.1, -0.05) is 19.9 Å². The van der Waals surface area contributed by atoms with E-state index in [1.54, 1.807) is 13.0 Å². The fourth-order valence-corrected chi connectivity index (χ4v) is 5.05. The molecule has 0 spiro atoms. The van der Waals surface area contributed by atoms with E-state index in [2.05, 4.69) is 10.3 Å². The van der Waals surface area contributed by atoms with Gasteiger partial charge in [0.2, 0.25) is 6.43 Å². The summed E-state index contributed by atoms with van der Waals surface area (Å²) >= 11 is 0. The van der Waals surface area contributed by atoms with Gasteiger partial charge < -0.3 is 20.1 Å². The summed E-state index contributed by atoms with van der Waals surface area (Å²) in [6.45, 7) is 8.53. The number of carbonyl (C=O) groups excluding carboxylic acids is 1. The highest BCUT2D eigenvalue weighted by Gasteiger charge is 2.26. The van der Waals surface area contributed by atoms with Crippen molar-refractivity contribution in [2.24, 2.45) is 7.05 Å². The van der Waals surface area contributed by atoms with Gasteiger partial charge in [-0.25, -0.2) is 31.7 Å². The lowest BCUT2D eigenvalue weighted by Crippen LogP contribution is -2.43. The number of hydrogen-bond donors (Lipinski definition) is 2. The highest BCUT2D eigenvalue weighted by molar-refractivity contribution is 5.98. The first kappa shape index (κ1) is 37.4. The topological polar surface area (TPSA) is 136 Å². The number of halogens is 4. The Balaban J connectivity index is 0.000000970. The lowest BCUT2D eigenvalue weighted by atomic mass is 10.0. The molecule has 1 saturated heterocycles. The van der Waals surface area contributed by atoms with Crippen molar-refractivity contribution in [2.75, 3.05) is 31.2 Å². The highest BCUT2D eigenvalue weighted by Crippen LogP contribution is 2.24. The van der Waals surface area contributed by atoms with Gasteiger partial charge in [0.15, 0.2) is 0 Å². The number of morpholine rings is 1. The molecule has 11 nitrogen and oxygen atoms in total. The van der Waals surface area contributed by atoms with Crippen LogP contribution in [0.25, 0.3) is 16.6 Å². The maximum Gasteiger partial charge on any atom is 0.336 e. The molecule has 48 heavy (non-hydrogen) atoms. The first-order chi connectivity index (χ1) is 22.8. The Morgan fingerprint density at radius 1 is 1.04 bits per heavy atom. The standard InChI is InChI=1S/C29H27F2N5O6.C2H4F2.C2H6/c1-16-11-18(35-7-9-42-10-8-35)14-21(31)25(16)26(37)33-22(28(39)40)13-17-3-4-23(20(30)12-17)36-27(38)19-5-6-32-15-24(19)34(2)29(36)41;1-2(3)4;1-2/h3-6,11-12,14-15,22H,7-10,13H2,1-2H3,(H,33,37)(H,39,40);2H,1H3;1-2H3/t22-;;/m0../s1. The van der Waals surface area contributed by atoms with Crippen molar-refractivity contribution in [1.29, 1.82) is 0 Å². The number of aryl methyl sites for hydroxylation is 2. The van der Waals surface area contributed by atoms with Gasteiger partial charge in [0.1, 0.15) is 17.7 Å². The number of hydrogen-bond acceptors (Lipinski definition) is 7. The smallest absolute Gasteiger partial charge is 0.336 e. The van der Waals surface area contributed by atoms with Crippen LogP contribution in [-0.4, -0.2) is 69.9 Å². The molecular formula is C33H37F4N5O6. The van der Waals surface area contributed by atoms with Crippen LogP contribution >= 0.6 is 0 Å². The second-order valence-electron chi connectivity index (χ2n) is 10.5. The first-order valence-corrected chi connectivity index (χ1v) is 15.1. The number of alkyl halides is 2. The van der Waals surface area contributed by atoms with Crippen LogP contribution < -0.4 is 21.5 Å². The van der Waals surface area contributed by atoms with E-state index in [1.165, 1.54) is 48.3 Å². The predicted octanol–water partition coefficient (Wildman–Crippen LogP) is 4.23. The number of fused-ring (bicyclic) bond motifs is 1. The van der Waals surface area contributed by atoms with Crippen LogP contribution in [0.3, 0.4) is 0 Å². The van der Waals surface area contributed by atoms with E-state index in [-0.39, 0.29) is 34.1 Å². The molecule has 4 aromatic rings. The molecule has 2 aromatic carbocycles. The highest BCUT2D eigenvalue weighted by atomic mass is 19.3. The second-order valence-corrected chi connectivity index (χ2v) is 10.5. The predicted molar refractivity (Wildman–Crippen MR) is 172 cm³/mol. The van der Waals surface area contributed by atoms with Gasteiger partial charge in [0.05, 0.1) is 41.6 Å². The van der Waals surface area contributed by atoms with Crippen molar-refractivity contribution in [3.05, 3.63) is 98.0 Å². The van der Waals surface area contributed by atoms with Crippen molar-refractivity contribution >= 4 is 28.5 Å². The summed E-state index contributed by atoms with van der Waals surface area (Å²) in [7, 11) is 1.43. The Bertz CT molecular complexity index is 1860. The first-order valence-electron chi connectivity index (χ1n) is 15.1. The van der Waals surface area contributed by atoms with E-state index < -0.39 is 47.2 Å². The van der Waals surface area contributed by atoms with Gasteiger partial charge in [-0.15, -0.1) is 0 Å². The molecule has 0 aliphatic carbocycles. The Morgan fingerprint density at radius 2 is 1.69 bits per heavy atom. The third kappa shape index (κ3) is 8.64. The molecule has 0 saturated carbocycles. The summed E-state index contributed by atoms with van der Waals surface area (Å²) in [5.74, 6) is -4.09. The fraction of sp³-hybridized carbons (Fsp3) is 0.364. The molecule has 258 valence electrons. The lowest BCUT2D eigenvalue weighted by Gasteiger charge is -2.29. The molecule has 0 bridgehead atoms. The SMILES string of the molecule is CC.CC(F)F.Cc1cc(N2CCOCC2)cc(F)c1C(=O)N[C@@H](Cc1ccc(-n2c(=O)c3ccncc3n(C)c2=O)c(F)c1)C(=O)O. The number of aromatic nitrogens is 3. The maximum absolute atomic E-state index is 15.3. The Labute approximate surface area is 273 Å². The monoisotopic (exact) mass is 675 g/mol. The molecule has 1 aliphatic rings. The van der Waals surface area contributed by atoms with Crippen LogP contribution in [-0.2, 0) is 23.0 Å². The Morgan fingerprint density at radius 3 is 2.27 bits per heavy atom. The number of anilines is 1. The molecule has 3 heterocycles. The molecule has 0 unspecified atom stereocenters. The summed E-state index contributed by atoms with van der Waals surface area (Å²) in [5, 5.41) is 12.3. The number of nitrogens with zero attached hydrogens (tertiary/aromatic N) is 4. The molecule has 1 aliphatic heterocycles. The number of nitrogens with one attached hydrogen (secondary N) is 1. The number of benzene rings is 2. The number of aliphatic carboxylic acids is 1. The minimum Gasteiger partial charge on any atom is -0.480 e. The number of carboxylic acid groups (broad SMARTS) is 1. The molecule has 1 fully saturated rings. The Hall–Kier alpha value is -5.05. The van der Waals surface area contributed by atoms with Crippen molar-refractivity contribution < 1.29 is 37.0 Å². The van der Waals surface area contributed by atoms with Crippen LogP contribution in [0.1, 0.15) is 42.3 Å². The van der Waals surface area contributed by atoms with Crippen molar-refractivity contribution in [1.82, 2.24) is 19.4 Å². The van der Waals surface area contributed by atoms with Crippen LogP contribution in [0.15, 0.2) is 58.4 Å². The maximum atomic E-state index is 15.3. The fourth-order valence-electron chi connectivity index (χ4n) is 5.05.